The van der Waals surface area contributed by atoms with E-state index >= 15 is 0 Å². The van der Waals surface area contributed by atoms with Crippen LogP contribution in [0.3, 0.4) is 0 Å². The minimum atomic E-state index is -0.657. The number of fused-ring (bicyclic) bond motifs is 1. The number of nitrogens with zero attached hydrogens (tertiary/aromatic N) is 2. The van der Waals surface area contributed by atoms with Crippen molar-refractivity contribution in [2.24, 2.45) is 5.10 Å². The van der Waals surface area contributed by atoms with Crippen LogP contribution in [0.2, 0.25) is 0 Å². The number of hydrogen-bond acceptors (Lipinski definition) is 7. The average molecular weight is 476 g/mol. The third-order valence-corrected chi connectivity index (χ3v) is 4.59. The number of methoxy groups -OCH3 is 1. The molecule has 0 aliphatic heterocycles. The van der Waals surface area contributed by atoms with Gasteiger partial charge in [0.15, 0.2) is 18.1 Å². The number of carbonyl (C=O) groups excluding carboxylic acids is 1. The largest absolute Gasteiger partial charge is 0.493 e. The van der Waals surface area contributed by atoms with Crippen LogP contribution in [0.5, 0.6) is 11.5 Å². The highest BCUT2D eigenvalue weighted by Crippen LogP contribution is 2.36. The third-order valence-electron chi connectivity index (χ3n) is 4.00. The maximum Gasteiger partial charge on any atom is 0.349 e. The van der Waals surface area contributed by atoms with Crippen LogP contribution in [0.1, 0.15) is 12.5 Å². The van der Waals surface area contributed by atoms with Crippen molar-refractivity contribution in [1.29, 1.82) is 0 Å². The molecule has 1 aromatic heterocycles. The first-order valence-electron chi connectivity index (χ1n) is 8.89. The van der Waals surface area contributed by atoms with Crippen molar-refractivity contribution in [3.8, 4) is 11.5 Å². The Kier molecular flexibility index (Phi) is 6.68. The lowest BCUT2D eigenvalue weighted by Gasteiger charge is -2.13. The molecule has 0 spiro atoms. The summed E-state index contributed by atoms with van der Waals surface area (Å²) in [6, 6.07) is 9.91. The van der Waals surface area contributed by atoms with Crippen LogP contribution in [-0.2, 0) is 9.53 Å². The SMILES string of the molecule is CCOC(=O)COc1c(Br)cc(C=Nn2c(=O)[nH]c3ccccc3c2=O)cc1OC. The number of ether oxygens (including phenoxy) is 3. The van der Waals surface area contributed by atoms with Gasteiger partial charge in [-0.2, -0.15) is 5.10 Å². The Balaban J connectivity index is 1.92. The number of aromatic nitrogens is 2. The van der Waals surface area contributed by atoms with Crippen LogP contribution >= 0.6 is 15.9 Å². The molecule has 3 rings (SSSR count). The lowest BCUT2D eigenvalue weighted by atomic mass is 10.2. The number of rotatable bonds is 7. The molecule has 3 aromatic rings. The van der Waals surface area contributed by atoms with E-state index in [-0.39, 0.29) is 13.2 Å². The molecule has 30 heavy (non-hydrogen) atoms. The average Bonchev–Trinajstić information content (AvgIpc) is 2.72. The van der Waals surface area contributed by atoms with E-state index in [0.29, 0.717) is 32.4 Å². The predicted octanol–water partition coefficient (Wildman–Crippen LogP) is 2.29. The summed E-state index contributed by atoms with van der Waals surface area (Å²) >= 11 is 3.36. The van der Waals surface area contributed by atoms with E-state index in [1.165, 1.54) is 13.3 Å². The summed E-state index contributed by atoms with van der Waals surface area (Å²) in [5.74, 6) is 0.130. The molecule has 10 heteroatoms. The molecule has 0 fully saturated rings. The molecular formula is C20H18BrN3O6. The summed E-state index contributed by atoms with van der Waals surface area (Å²) in [6.45, 7) is 1.68. The van der Waals surface area contributed by atoms with E-state index in [4.69, 9.17) is 14.2 Å². The summed E-state index contributed by atoms with van der Waals surface area (Å²) in [5.41, 5.74) is -0.227. The van der Waals surface area contributed by atoms with Crippen molar-refractivity contribution in [3.05, 3.63) is 67.3 Å². The quantitative estimate of drug-likeness (QED) is 0.414. The maximum atomic E-state index is 12.5. The molecule has 2 aromatic carbocycles. The fourth-order valence-corrected chi connectivity index (χ4v) is 3.24. The van der Waals surface area contributed by atoms with Gasteiger partial charge in [0.2, 0.25) is 0 Å². The lowest BCUT2D eigenvalue weighted by Crippen LogP contribution is -2.32. The fraction of sp³-hybridized carbons (Fsp3) is 0.200. The van der Waals surface area contributed by atoms with E-state index in [9.17, 15) is 14.4 Å². The van der Waals surface area contributed by atoms with Crippen molar-refractivity contribution < 1.29 is 19.0 Å². The molecule has 9 nitrogen and oxygen atoms in total. The number of esters is 1. The van der Waals surface area contributed by atoms with E-state index in [1.54, 1.807) is 43.3 Å². The number of H-pyrrole nitrogens is 1. The monoisotopic (exact) mass is 475 g/mol. The summed E-state index contributed by atoms with van der Waals surface area (Å²) in [4.78, 5) is 38.9. The van der Waals surface area contributed by atoms with Gasteiger partial charge in [0.1, 0.15) is 0 Å². The summed E-state index contributed by atoms with van der Waals surface area (Å²) in [7, 11) is 1.44. The predicted molar refractivity (Wildman–Crippen MR) is 115 cm³/mol. The highest BCUT2D eigenvalue weighted by molar-refractivity contribution is 9.10. The van der Waals surface area contributed by atoms with Crippen molar-refractivity contribution in [1.82, 2.24) is 9.66 Å². The van der Waals surface area contributed by atoms with Crippen LogP contribution in [0, 0.1) is 0 Å². The molecule has 1 heterocycles. The molecule has 0 saturated carbocycles. The first-order chi connectivity index (χ1) is 14.4. The Morgan fingerprint density at radius 1 is 1.27 bits per heavy atom. The molecule has 0 aliphatic rings. The molecular weight excluding hydrogens is 458 g/mol. The Labute approximate surface area is 179 Å². The molecule has 0 radical (unpaired) electrons. The molecule has 0 unspecified atom stereocenters. The summed E-state index contributed by atoms with van der Waals surface area (Å²) < 4.78 is 16.9. The third kappa shape index (κ3) is 4.60. The Hall–Kier alpha value is -3.40. The highest BCUT2D eigenvalue weighted by Gasteiger charge is 2.14. The van der Waals surface area contributed by atoms with Crippen LogP contribution in [0.15, 0.2) is 55.6 Å². The van der Waals surface area contributed by atoms with Gasteiger partial charge in [0.25, 0.3) is 5.56 Å². The van der Waals surface area contributed by atoms with Crippen LogP contribution in [-0.4, -0.2) is 42.2 Å². The first kappa shape index (κ1) is 21.3. The second-order valence-electron chi connectivity index (χ2n) is 5.97. The van der Waals surface area contributed by atoms with Gasteiger partial charge < -0.3 is 19.2 Å². The van der Waals surface area contributed by atoms with Crippen molar-refractivity contribution >= 4 is 39.0 Å². The van der Waals surface area contributed by atoms with Gasteiger partial charge in [-0.05, 0) is 52.7 Å². The number of carbonyl (C=O) groups is 1. The number of halogens is 1. The number of nitrogens with one attached hydrogen (secondary N) is 1. The molecule has 0 amide bonds. The van der Waals surface area contributed by atoms with E-state index in [0.717, 1.165) is 4.68 Å². The van der Waals surface area contributed by atoms with Gasteiger partial charge in [-0.25, -0.2) is 9.59 Å². The molecule has 0 bridgehead atoms. The van der Waals surface area contributed by atoms with E-state index < -0.39 is 17.2 Å². The fourth-order valence-electron chi connectivity index (χ4n) is 2.67. The molecule has 0 atom stereocenters. The second kappa shape index (κ2) is 9.40. The van der Waals surface area contributed by atoms with Gasteiger partial charge in [-0.1, -0.05) is 12.1 Å². The van der Waals surface area contributed by atoms with Gasteiger partial charge in [-0.3, -0.25) is 4.79 Å². The molecule has 0 aliphatic carbocycles. The van der Waals surface area contributed by atoms with E-state index in [2.05, 4.69) is 26.0 Å². The minimum Gasteiger partial charge on any atom is -0.493 e. The lowest BCUT2D eigenvalue weighted by molar-refractivity contribution is -0.145. The molecule has 0 saturated heterocycles. The number of aromatic amines is 1. The van der Waals surface area contributed by atoms with E-state index in [1.807, 2.05) is 0 Å². The van der Waals surface area contributed by atoms with Gasteiger partial charge in [0.05, 0.1) is 35.3 Å². The van der Waals surface area contributed by atoms with Crippen LogP contribution < -0.4 is 20.7 Å². The number of hydrogen-bond donors (Lipinski definition) is 1. The molecule has 1 N–H and O–H groups in total. The number of benzene rings is 2. The van der Waals surface area contributed by atoms with Crippen molar-refractivity contribution in [3.63, 3.8) is 0 Å². The van der Waals surface area contributed by atoms with Gasteiger partial charge in [-0.15, -0.1) is 4.68 Å². The zero-order valence-electron chi connectivity index (χ0n) is 16.2. The highest BCUT2D eigenvalue weighted by atomic mass is 79.9. The minimum absolute atomic E-state index is 0.253. The normalized spacial score (nSPS) is 11.0. The molecule has 156 valence electrons. The zero-order chi connectivity index (χ0) is 21.7. The topological polar surface area (TPSA) is 112 Å². The van der Waals surface area contributed by atoms with Crippen molar-refractivity contribution in [2.75, 3.05) is 20.3 Å². The summed E-state index contributed by atoms with van der Waals surface area (Å²) in [6.07, 6.45) is 1.34. The first-order valence-corrected chi connectivity index (χ1v) is 9.68. The zero-order valence-corrected chi connectivity index (χ0v) is 17.8. The Bertz CT molecular complexity index is 1230. The smallest absolute Gasteiger partial charge is 0.349 e. The van der Waals surface area contributed by atoms with Crippen molar-refractivity contribution in [2.45, 2.75) is 6.92 Å². The van der Waals surface area contributed by atoms with Crippen LogP contribution in [0.25, 0.3) is 10.9 Å². The summed E-state index contributed by atoms with van der Waals surface area (Å²) in [5, 5.41) is 4.36. The standard InChI is InChI=1S/C20H18BrN3O6/c1-3-29-17(25)11-30-18-14(21)8-12(9-16(18)28-2)10-22-24-19(26)13-6-4-5-7-15(13)23-20(24)27/h4-10H,3,11H2,1-2H3,(H,23,27). The Morgan fingerprint density at radius 3 is 2.77 bits per heavy atom. The number of para-hydroxylation sites is 1. The van der Waals surface area contributed by atoms with Gasteiger partial charge >= 0.3 is 11.7 Å². The van der Waals surface area contributed by atoms with Gasteiger partial charge in [0, 0.05) is 0 Å². The van der Waals surface area contributed by atoms with Crippen LogP contribution in [0.4, 0.5) is 0 Å². The second-order valence-corrected chi connectivity index (χ2v) is 6.82. The maximum absolute atomic E-state index is 12.5. The Morgan fingerprint density at radius 2 is 2.03 bits per heavy atom.